The van der Waals surface area contributed by atoms with Crippen molar-refractivity contribution in [3.63, 3.8) is 0 Å². The average molecular weight is 838 g/mol. The summed E-state index contributed by atoms with van der Waals surface area (Å²) in [6.45, 7) is 0. The standard InChI is InChI=1S/C20H10Br4O10S2.2Na/c21-16-14(15(20(27)28)17(22)19(24)18(16)23)13(7-1-3-9(25)11(5-7)35(29,30)31)8-2-4-10(26)12(6-8)36(32,33)34;;/h1-6,25H,(H,27,28)(H,29,30,31)(H,32,33,34);;/q;2*+1/p-2/b13-8-;;. The summed E-state index contributed by atoms with van der Waals surface area (Å²) in [5, 5.41) is 19.9. The molecular weight excluding hydrogens is 830 g/mol. The van der Waals surface area contributed by atoms with Gasteiger partial charge in [-0.3, -0.25) is 4.79 Å². The zero-order chi connectivity index (χ0) is 27.3. The van der Waals surface area contributed by atoms with Gasteiger partial charge in [-0.15, -0.1) is 0 Å². The van der Waals surface area contributed by atoms with Gasteiger partial charge in [-0.25, -0.2) is 21.6 Å². The summed E-state index contributed by atoms with van der Waals surface area (Å²) in [6, 6.07) is 2.76. The number of halogens is 4. The summed E-state index contributed by atoms with van der Waals surface area (Å²) in [5.41, 5.74) is -1.10. The zero-order valence-corrected chi connectivity index (χ0v) is 30.9. The quantitative estimate of drug-likeness (QED) is 0.154. The third-order valence-corrected chi connectivity index (χ3v) is 11.2. The number of allylic oxidation sites excluding steroid dienone is 5. The Balaban J connectivity index is 0.00000361. The van der Waals surface area contributed by atoms with E-state index in [0.29, 0.717) is 6.08 Å². The van der Waals surface area contributed by atoms with Gasteiger partial charge in [-0.1, -0.05) is 12.1 Å². The first kappa shape index (κ1) is 36.4. The molecule has 10 nitrogen and oxygen atoms in total. The number of carbonyl (C=O) groups is 2. The second-order valence-corrected chi connectivity index (χ2v) is 12.8. The number of carboxylic acid groups (broad SMARTS) is 1. The van der Waals surface area contributed by atoms with Crippen molar-refractivity contribution < 1.29 is 105 Å². The first-order valence-corrected chi connectivity index (χ1v) is 15.0. The van der Waals surface area contributed by atoms with Gasteiger partial charge in [-0.2, -0.15) is 0 Å². The zero-order valence-electron chi connectivity index (χ0n) is 19.0. The van der Waals surface area contributed by atoms with Crippen molar-refractivity contribution >= 4 is 101 Å². The minimum Gasteiger partial charge on any atom is -0.744 e. The van der Waals surface area contributed by atoms with Crippen LogP contribution in [0.3, 0.4) is 0 Å². The molecule has 0 atom stereocenters. The molecule has 3 rings (SSSR count). The molecule has 38 heavy (non-hydrogen) atoms. The third kappa shape index (κ3) is 7.40. The molecule has 0 radical (unpaired) electrons. The van der Waals surface area contributed by atoms with Crippen molar-refractivity contribution in [2.75, 3.05) is 0 Å². The van der Waals surface area contributed by atoms with E-state index in [0.717, 1.165) is 30.4 Å². The molecular formula is C20H8Br4Na2O10S2. The summed E-state index contributed by atoms with van der Waals surface area (Å²) < 4.78 is 70.8. The van der Waals surface area contributed by atoms with Gasteiger partial charge >= 0.3 is 65.1 Å². The molecule has 0 spiro atoms. The van der Waals surface area contributed by atoms with Gasteiger partial charge in [0, 0.05) is 23.5 Å². The smallest absolute Gasteiger partial charge is 0.744 e. The first-order valence-electron chi connectivity index (χ1n) is 9.00. The Bertz CT molecular complexity index is 1680. The normalized spacial score (nSPS) is 14.8. The van der Waals surface area contributed by atoms with Crippen molar-refractivity contribution in [1.82, 2.24) is 0 Å². The topological polar surface area (TPSA) is 189 Å². The summed E-state index contributed by atoms with van der Waals surface area (Å²) in [4.78, 5) is 22.2. The molecule has 2 aromatic rings. The fraction of sp³-hybridized carbons (Fsp3) is 0. The second kappa shape index (κ2) is 13.5. The van der Waals surface area contributed by atoms with Gasteiger partial charge in [0.15, 0.2) is 5.78 Å². The van der Waals surface area contributed by atoms with Crippen LogP contribution in [0.4, 0.5) is 0 Å². The Kier molecular flexibility index (Phi) is 13.0. The van der Waals surface area contributed by atoms with E-state index in [-0.39, 0.29) is 99.3 Å². The maximum atomic E-state index is 12.3. The maximum absolute atomic E-state index is 12.3. The van der Waals surface area contributed by atoms with E-state index in [9.17, 15) is 45.7 Å². The van der Waals surface area contributed by atoms with Crippen molar-refractivity contribution in [3.05, 3.63) is 81.5 Å². The van der Waals surface area contributed by atoms with Crippen LogP contribution < -0.4 is 59.1 Å². The molecule has 2 N–H and O–H groups in total. The Morgan fingerprint density at radius 3 is 1.82 bits per heavy atom. The van der Waals surface area contributed by atoms with Crippen LogP contribution in [0.15, 0.2) is 69.7 Å². The minimum absolute atomic E-state index is 0. The number of hydrogen-bond donors (Lipinski definition) is 2. The van der Waals surface area contributed by atoms with Gasteiger partial charge in [0.05, 0.1) is 10.5 Å². The molecule has 190 valence electrons. The number of rotatable bonds is 5. The Labute approximate surface area is 294 Å². The van der Waals surface area contributed by atoms with Crippen LogP contribution in [-0.2, 0) is 25.0 Å². The molecule has 18 heteroatoms. The predicted octanol–water partition coefficient (Wildman–Crippen LogP) is -1.58. The fourth-order valence-electron chi connectivity index (χ4n) is 3.25. The molecule has 0 heterocycles. The molecule has 0 aromatic heterocycles. The molecule has 0 saturated carbocycles. The summed E-state index contributed by atoms with van der Waals surface area (Å²) in [7, 11) is -10.5. The number of aromatic hydroxyl groups is 1. The van der Waals surface area contributed by atoms with Gasteiger partial charge in [0.25, 0.3) is 0 Å². The van der Waals surface area contributed by atoms with E-state index < -0.39 is 53.1 Å². The van der Waals surface area contributed by atoms with Crippen molar-refractivity contribution in [2.45, 2.75) is 4.90 Å². The van der Waals surface area contributed by atoms with Gasteiger partial charge in [0.2, 0.25) is 0 Å². The average Bonchev–Trinajstić information content (AvgIpc) is 2.76. The van der Waals surface area contributed by atoms with Crippen molar-refractivity contribution in [2.24, 2.45) is 0 Å². The van der Waals surface area contributed by atoms with Crippen LogP contribution >= 0.6 is 63.7 Å². The maximum Gasteiger partial charge on any atom is 1.00 e. The van der Waals surface area contributed by atoms with E-state index in [1.165, 1.54) is 0 Å². The van der Waals surface area contributed by atoms with Crippen LogP contribution in [0.2, 0.25) is 0 Å². The minimum atomic E-state index is -5.27. The summed E-state index contributed by atoms with van der Waals surface area (Å²) in [5.74, 6) is -3.49. The van der Waals surface area contributed by atoms with Gasteiger partial charge < -0.3 is 19.3 Å². The molecule has 0 saturated heterocycles. The molecule has 1 aliphatic rings. The number of ketones is 1. The van der Waals surface area contributed by atoms with Crippen LogP contribution in [0.25, 0.3) is 5.57 Å². The van der Waals surface area contributed by atoms with E-state index >= 15 is 0 Å². The third-order valence-electron chi connectivity index (χ3n) is 4.75. The molecule has 0 aliphatic heterocycles. The van der Waals surface area contributed by atoms with E-state index in [2.05, 4.69) is 63.7 Å². The summed E-state index contributed by atoms with van der Waals surface area (Å²) >= 11 is 13.0. The van der Waals surface area contributed by atoms with E-state index in [4.69, 9.17) is 0 Å². The van der Waals surface area contributed by atoms with E-state index in [1.807, 2.05) is 0 Å². The van der Waals surface area contributed by atoms with Crippen molar-refractivity contribution in [3.8, 4) is 5.75 Å². The predicted molar refractivity (Wildman–Crippen MR) is 138 cm³/mol. The second-order valence-electron chi connectivity index (χ2n) is 6.94. The Morgan fingerprint density at radius 1 is 0.816 bits per heavy atom. The van der Waals surface area contributed by atoms with E-state index in [1.54, 1.807) is 0 Å². The SMILES string of the molecule is O=C1C=C/C(=C(\c2ccc(O)c(S(=O)(=O)[O-])c2)c2c(Br)c(Br)c(Br)c(Br)c2C(=O)O)C=C1S(=O)(=O)[O-].[Na+].[Na+]. The molecule has 2 aromatic carbocycles. The van der Waals surface area contributed by atoms with Gasteiger partial charge in [-0.05, 0) is 105 Å². The number of hydrogen-bond acceptors (Lipinski definition) is 9. The molecule has 0 amide bonds. The summed E-state index contributed by atoms with van der Waals surface area (Å²) in [6.07, 6.45) is 2.57. The van der Waals surface area contributed by atoms with Crippen LogP contribution in [0, 0.1) is 0 Å². The van der Waals surface area contributed by atoms with Gasteiger partial charge in [0.1, 0.15) is 30.9 Å². The monoisotopic (exact) mass is 834 g/mol. The number of carboxylic acids is 1. The van der Waals surface area contributed by atoms with Crippen LogP contribution in [0.1, 0.15) is 21.5 Å². The first-order chi connectivity index (χ1) is 16.5. The molecule has 0 bridgehead atoms. The van der Waals surface area contributed by atoms with Crippen LogP contribution in [-0.4, -0.2) is 47.9 Å². The number of phenols is 1. The Hall–Kier alpha value is 0.340. The number of aromatic carboxylic acids is 1. The number of carbonyl (C=O) groups excluding carboxylic acids is 1. The van der Waals surface area contributed by atoms with Crippen molar-refractivity contribution in [1.29, 1.82) is 0 Å². The molecule has 0 unspecified atom stereocenters. The fourth-order valence-corrected chi connectivity index (χ4v) is 6.92. The largest absolute Gasteiger partial charge is 1.00 e. The van der Waals surface area contributed by atoms with Crippen LogP contribution in [0.5, 0.6) is 5.75 Å². The molecule has 1 aliphatic carbocycles. The molecule has 0 fully saturated rings. The number of benzene rings is 2. The number of phenolic OH excluding ortho intramolecular Hbond substituents is 1. The Morgan fingerprint density at radius 2 is 1.34 bits per heavy atom.